The van der Waals surface area contributed by atoms with Crippen LogP contribution < -0.4 is 9.47 Å². The lowest BCUT2D eigenvalue weighted by atomic mass is 10.1. The smallest absolute Gasteiger partial charge is 0.254 e. The maximum absolute atomic E-state index is 12.6. The van der Waals surface area contributed by atoms with E-state index in [4.69, 9.17) is 9.47 Å². The van der Waals surface area contributed by atoms with E-state index >= 15 is 0 Å². The third-order valence-electron chi connectivity index (χ3n) is 5.23. The van der Waals surface area contributed by atoms with Gasteiger partial charge in [0.05, 0.1) is 18.8 Å². The van der Waals surface area contributed by atoms with Gasteiger partial charge in [0.1, 0.15) is 5.69 Å². The second-order valence-corrected chi connectivity index (χ2v) is 7.04. The van der Waals surface area contributed by atoms with E-state index < -0.39 is 0 Å². The van der Waals surface area contributed by atoms with Crippen LogP contribution in [0.5, 0.6) is 11.5 Å². The molecule has 2 saturated heterocycles. The molecule has 0 N–H and O–H groups in total. The Labute approximate surface area is 155 Å². The zero-order valence-corrected chi connectivity index (χ0v) is 14.7. The van der Waals surface area contributed by atoms with Crippen molar-refractivity contribution in [3.63, 3.8) is 0 Å². The van der Waals surface area contributed by atoms with E-state index in [1.807, 2.05) is 11.1 Å². The molecule has 140 valence electrons. The number of carbonyl (C=O) groups excluding carboxylic acids is 2. The van der Waals surface area contributed by atoms with Crippen molar-refractivity contribution in [3.05, 3.63) is 35.7 Å². The SMILES string of the molecule is O=C1CCCN1Cc1cn(C2CN(C(=O)c3ccc4c(c3)OCO4)C2)nn1. The lowest BCUT2D eigenvalue weighted by Crippen LogP contribution is -2.50. The molecule has 2 amide bonds. The maximum atomic E-state index is 12.6. The number of nitrogens with zero attached hydrogens (tertiary/aromatic N) is 5. The quantitative estimate of drug-likeness (QED) is 0.793. The molecule has 1 aromatic heterocycles. The summed E-state index contributed by atoms with van der Waals surface area (Å²) in [6.07, 6.45) is 3.40. The fraction of sp³-hybridized carbons (Fsp3) is 0.444. The van der Waals surface area contributed by atoms with Crippen molar-refractivity contribution in [2.24, 2.45) is 0 Å². The number of hydrogen-bond donors (Lipinski definition) is 0. The minimum absolute atomic E-state index is 0.0347. The Morgan fingerprint density at radius 3 is 2.89 bits per heavy atom. The number of carbonyl (C=O) groups is 2. The van der Waals surface area contributed by atoms with Crippen LogP contribution in [0.25, 0.3) is 0 Å². The molecule has 2 fully saturated rings. The first-order chi connectivity index (χ1) is 13.2. The first-order valence-electron chi connectivity index (χ1n) is 9.05. The Hall–Kier alpha value is -3.10. The van der Waals surface area contributed by atoms with Gasteiger partial charge >= 0.3 is 0 Å². The molecule has 4 heterocycles. The van der Waals surface area contributed by atoms with E-state index in [1.54, 1.807) is 27.8 Å². The summed E-state index contributed by atoms with van der Waals surface area (Å²) in [5.41, 5.74) is 1.37. The Kier molecular flexibility index (Phi) is 3.73. The number of amides is 2. The summed E-state index contributed by atoms with van der Waals surface area (Å²) in [6.45, 7) is 2.65. The summed E-state index contributed by atoms with van der Waals surface area (Å²) in [5.74, 6) is 1.41. The molecule has 3 aliphatic rings. The Morgan fingerprint density at radius 1 is 1.22 bits per heavy atom. The minimum Gasteiger partial charge on any atom is -0.454 e. The van der Waals surface area contributed by atoms with Crippen LogP contribution >= 0.6 is 0 Å². The average Bonchev–Trinajstić information content (AvgIpc) is 3.35. The van der Waals surface area contributed by atoms with E-state index in [0.29, 0.717) is 43.1 Å². The lowest BCUT2D eigenvalue weighted by molar-refractivity contribution is -0.128. The molecule has 0 unspecified atom stereocenters. The predicted molar refractivity (Wildman–Crippen MR) is 92.2 cm³/mol. The van der Waals surface area contributed by atoms with Gasteiger partial charge in [-0.25, -0.2) is 4.68 Å². The molecular weight excluding hydrogens is 350 g/mol. The molecule has 3 aliphatic heterocycles. The molecule has 0 saturated carbocycles. The average molecular weight is 369 g/mol. The monoisotopic (exact) mass is 369 g/mol. The van der Waals surface area contributed by atoms with Crippen molar-refractivity contribution >= 4 is 11.8 Å². The van der Waals surface area contributed by atoms with Gasteiger partial charge in [-0.1, -0.05) is 5.21 Å². The fourth-order valence-electron chi connectivity index (χ4n) is 3.63. The molecule has 9 heteroatoms. The van der Waals surface area contributed by atoms with Crippen LogP contribution in [-0.4, -0.2) is 63.0 Å². The van der Waals surface area contributed by atoms with E-state index in [1.165, 1.54) is 0 Å². The molecule has 5 rings (SSSR count). The topological polar surface area (TPSA) is 89.8 Å². The second kappa shape index (κ2) is 6.26. The van der Waals surface area contributed by atoms with Gasteiger partial charge in [-0.3, -0.25) is 9.59 Å². The van der Waals surface area contributed by atoms with Gasteiger partial charge in [0, 0.05) is 31.6 Å². The summed E-state index contributed by atoms with van der Waals surface area (Å²) < 4.78 is 12.4. The predicted octanol–water partition coefficient (Wildman–Crippen LogP) is 0.826. The summed E-state index contributed by atoms with van der Waals surface area (Å²) in [6, 6.07) is 5.34. The second-order valence-electron chi connectivity index (χ2n) is 7.04. The van der Waals surface area contributed by atoms with Crippen molar-refractivity contribution in [1.29, 1.82) is 0 Å². The van der Waals surface area contributed by atoms with E-state index in [9.17, 15) is 9.59 Å². The van der Waals surface area contributed by atoms with Crippen molar-refractivity contribution in [3.8, 4) is 11.5 Å². The molecule has 0 aliphatic carbocycles. The highest BCUT2D eigenvalue weighted by Crippen LogP contribution is 2.33. The first-order valence-corrected chi connectivity index (χ1v) is 9.05. The lowest BCUT2D eigenvalue weighted by Gasteiger charge is -2.38. The number of hydrogen-bond acceptors (Lipinski definition) is 6. The van der Waals surface area contributed by atoms with E-state index in [0.717, 1.165) is 18.7 Å². The zero-order chi connectivity index (χ0) is 18.4. The molecule has 9 nitrogen and oxygen atoms in total. The van der Waals surface area contributed by atoms with E-state index in [2.05, 4.69) is 10.3 Å². The number of ether oxygens (including phenoxy) is 2. The first kappa shape index (κ1) is 16.1. The molecule has 0 bridgehead atoms. The summed E-state index contributed by atoms with van der Waals surface area (Å²) in [4.78, 5) is 27.9. The summed E-state index contributed by atoms with van der Waals surface area (Å²) in [5, 5.41) is 8.34. The normalized spacial score (nSPS) is 18.9. The van der Waals surface area contributed by atoms with Crippen LogP contribution in [0.3, 0.4) is 0 Å². The van der Waals surface area contributed by atoms with Crippen molar-refractivity contribution in [1.82, 2.24) is 24.8 Å². The summed E-state index contributed by atoms with van der Waals surface area (Å²) >= 11 is 0. The Morgan fingerprint density at radius 2 is 2.07 bits per heavy atom. The highest BCUT2D eigenvalue weighted by Gasteiger charge is 2.34. The molecule has 1 aromatic carbocycles. The number of aromatic nitrogens is 3. The van der Waals surface area contributed by atoms with Crippen LogP contribution in [0.1, 0.15) is 34.9 Å². The molecule has 27 heavy (non-hydrogen) atoms. The van der Waals surface area contributed by atoms with Crippen LogP contribution in [0, 0.1) is 0 Å². The highest BCUT2D eigenvalue weighted by molar-refractivity contribution is 5.95. The van der Waals surface area contributed by atoms with Crippen LogP contribution in [-0.2, 0) is 11.3 Å². The number of rotatable bonds is 4. The third kappa shape index (κ3) is 2.88. The summed E-state index contributed by atoms with van der Waals surface area (Å²) in [7, 11) is 0. The highest BCUT2D eigenvalue weighted by atomic mass is 16.7. The Balaban J connectivity index is 1.19. The van der Waals surface area contributed by atoms with Gasteiger partial charge < -0.3 is 19.3 Å². The van der Waals surface area contributed by atoms with Crippen molar-refractivity contribution in [2.45, 2.75) is 25.4 Å². The molecule has 0 radical (unpaired) electrons. The number of benzene rings is 1. The molecule has 0 spiro atoms. The van der Waals surface area contributed by atoms with Gasteiger partial charge in [-0.15, -0.1) is 5.10 Å². The van der Waals surface area contributed by atoms with Gasteiger partial charge in [-0.05, 0) is 24.6 Å². The molecule has 0 atom stereocenters. The van der Waals surface area contributed by atoms with Gasteiger partial charge in [0.25, 0.3) is 5.91 Å². The van der Waals surface area contributed by atoms with Crippen LogP contribution in [0.15, 0.2) is 24.4 Å². The largest absolute Gasteiger partial charge is 0.454 e. The maximum Gasteiger partial charge on any atom is 0.254 e. The number of fused-ring (bicyclic) bond motifs is 1. The fourth-order valence-corrected chi connectivity index (χ4v) is 3.63. The van der Waals surface area contributed by atoms with Crippen molar-refractivity contribution < 1.29 is 19.1 Å². The molecular formula is C18H19N5O4. The number of likely N-dealkylation sites (tertiary alicyclic amines) is 2. The minimum atomic E-state index is -0.0347. The van der Waals surface area contributed by atoms with Crippen LogP contribution in [0.2, 0.25) is 0 Å². The van der Waals surface area contributed by atoms with Crippen LogP contribution in [0.4, 0.5) is 0 Å². The van der Waals surface area contributed by atoms with Crippen molar-refractivity contribution in [2.75, 3.05) is 26.4 Å². The zero-order valence-electron chi connectivity index (χ0n) is 14.7. The van der Waals surface area contributed by atoms with Gasteiger partial charge in [0.15, 0.2) is 11.5 Å². The Bertz CT molecular complexity index is 905. The van der Waals surface area contributed by atoms with Gasteiger partial charge in [0.2, 0.25) is 12.7 Å². The molecule has 2 aromatic rings. The standard InChI is InChI=1S/C18H19N5O4/c24-17-2-1-5-21(17)7-13-8-23(20-19-13)14-9-22(10-14)18(25)12-3-4-15-16(6-12)27-11-26-15/h3-4,6,8,14H,1-2,5,7,9-11H2. The third-order valence-corrected chi connectivity index (χ3v) is 5.23. The van der Waals surface area contributed by atoms with Gasteiger partial charge in [-0.2, -0.15) is 0 Å². The van der Waals surface area contributed by atoms with E-state index in [-0.39, 0.29) is 24.6 Å².